The normalized spacial score (nSPS) is 12.4. The molecule has 0 amide bonds. The Bertz CT molecular complexity index is 314. The maximum atomic E-state index is 10.5. The van der Waals surface area contributed by atoms with Crippen molar-refractivity contribution in [2.45, 2.75) is 12.5 Å². The Balaban J connectivity index is 2.69. The molecule has 0 radical (unpaired) electrons. The van der Waals surface area contributed by atoms with Gasteiger partial charge in [0.1, 0.15) is 13.9 Å². The molecule has 1 atom stereocenters. The minimum absolute atomic E-state index is 0.386. The third-order valence-electron chi connectivity index (χ3n) is 1.86. The fourth-order valence-electron chi connectivity index (χ4n) is 1.18. The van der Waals surface area contributed by atoms with Crippen molar-refractivity contribution >= 4 is 19.3 Å². The summed E-state index contributed by atoms with van der Waals surface area (Å²) in [5.41, 5.74) is 7.49. The van der Waals surface area contributed by atoms with Gasteiger partial charge in [-0.3, -0.25) is 4.79 Å². The van der Waals surface area contributed by atoms with Crippen molar-refractivity contribution in [3.63, 3.8) is 0 Å². The van der Waals surface area contributed by atoms with E-state index >= 15 is 0 Å². The van der Waals surface area contributed by atoms with E-state index in [1.54, 1.807) is 0 Å². The van der Waals surface area contributed by atoms with Crippen LogP contribution in [0.1, 0.15) is 5.56 Å². The van der Waals surface area contributed by atoms with Crippen LogP contribution in [0.3, 0.4) is 0 Å². The molecule has 0 aliphatic rings. The van der Waals surface area contributed by atoms with E-state index in [-0.39, 0.29) is 0 Å². The SMILES string of the molecule is Bc1cccc(CC(N)C(=O)O)c1. The number of benzene rings is 1. The van der Waals surface area contributed by atoms with E-state index in [4.69, 9.17) is 10.8 Å². The molecule has 3 N–H and O–H groups in total. The van der Waals surface area contributed by atoms with Crippen LogP contribution in [0.2, 0.25) is 0 Å². The van der Waals surface area contributed by atoms with Crippen LogP contribution < -0.4 is 11.2 Å². The smallest absolute Gasteiger partial charge is 0.320 e. The minimum atomic E-state index is -0.957. The van der Waals surface area contributed by atoms with Gasteiger partial charge in [-0.15, -0.1) is 0 Å². The minimum Gasteiger partial charge on any atom is -0.480 e. The van der Waals surface area contributed by atoms with E-state index in [2.05, 4.69) is 0 Å². The highest BCUT2D eigenvalue weighted by atomic mass is 16.4. The zero-order chi connectivity index (χ0) is 9.84. The zero-order valence-corrected chi connectivity index (χ0v) is 7.53. The van der Waals surface area contributed by atoms with E-state index < -0.39 is 12.0 Å². The van der Waals surface area contributed by atoms with Gasteiger partial charge in [0.2, 0.25) is 0 Å². The van der Waals surface area contributed by atoms with E-state index in [0.29, 0.717) is 6.42 Å². The number of carboxylic acid groups (broad SMARTS) is 1. The quantitative estimate of drug-likeness (QED) is 0.576. The first kappa shape index (κ1) is 9.80. The molecule has 1 unspecified atom stereocenters. The van der Waals surface area contributed by atoms with Crippen LogP contribution in [0.25, 0.3) is 0 Å². The second-order valence-corrected chi connectivity index (χ2v) is 3.14. The summed E-state index contributed by atoms with van der Waals surface area (Å²) >= 11 is 0. The number of nitrogens with two attached hydrogens (primary N) is 1. The topological polar surface area (TPSA) is 63.3 Å². The fraction of sp³-hybridized carbons (Fsp3) is 0.222. The van der Waals surface area contributed by atoms with Gasteiger partial charge in [-0.1, -0.05) is 29.7 Å². The number of hydrogen-bond donors (Lipinski definition) is 2. The van der Waals surface area contributed by atoms with E-state index in [1.807, 2.05) is 32.1 Å². The van der Waals surface area contributed by atoms with Crippen molar-refractivity contribution in [1.29, 1.82) is 0 Å². The van der Waals surface area contributed by atoms with Gasteiger partial charge in [0, 0.05) is 0 Å². The van der Waals surface area contributed by atoms with Crippen LogP contribution >= 0.6 is 0 Å². The molecule has 1 aromatic carbocycles. The maximum Gasteiger partial charge on any atom is 0.320 e. The second kappa shape index (κ2) is 4.09. The first-order chi connectivity index (χ1) is 6.09. The summed E-state index contributed by atoms with van der Waals surface area (Å²) in [5.74, 6) is -0.957. The Labute approximate surface area is 78.0 Å². The number of rotatable bonds is 3. The summed E-state index contributed by atoms with van der Waals surface area (Å²) in [6.07, 6.45) is 0.386. The highest BCUT2D eigenvalue weighted by Crippen LogP contribution is 1.99. The van der Waals surface area contributed by atoms with E-state index in [0.717, 1.165) is 11.0 Å². The van der Waals surface area contributed by atoms with Gasteiger partial charge in [-0.25, -0.2) is 0 Å². The molecule has 0 aliphatic carbocycles. The standard InChI is InChI=1S/C9H12BNO2/c10-7-3-1-2-6(4-7)5-8(11)9(12)13/h1-4,8H,5,10-11H2,(H,12,13). The molecule has 68 valence electrons. The Morgan fingerprint density at radius 3 is 2.85 bits per heavy atom. The second-order valence-electron chi connectivity index (χ2n) is 3.14. The van der Waals surface area contributed by atoms with Crippen LogP contribution in [0.4, 0.5) is 0 Å². The average Bonchev–Trinajstić information content (AvgIpc) is 2.04. The third kappa shape index (κ3) is 2.91. The number of carbonyl (C=O) groups is 1. The molecule has 1 aromatic rings. The molecule has 0 saturated carbocycles. The van der Waals surface area contributed by atoms with Crippen molar-refractivity contribution in [3.05, 3.63) is 29.8 Å². The Hall–Kier alpha value is -1.29. The molecule has 4 heteroatoms. The molecular formula is C9H12BNO2. The van der Waals surface area contributed by atoms with Gasteiger partial charge < -0.3 is 10.8 Å². The first-order valence-electron chi connectivity index (χ1n) is 4.13. The average molecular weight is 177 g/mol. The van der Waals surface area contributed by atoms with E-state index in [9.17, 15) is 4.79 Å². The fourth-order valence-corrected chi connectivity index (χ4v) is 1.18. The molecule has 0 fully saturated rings. The predicted octanol–water partition coefficient (Wildman–Crippen LogP) is -1.10. The number of hydrogen-bond acceptors (Lipinski definition) is 2. The molecule has 3 nitrogen and oxygen atoms in total. The molecule has 0 aromatic heterocycles. The lowest BCUT2D eigenvalue weighted by molar-refractivity contribution is -0.138. The summed E-state index contributed by atoms with van der Waals surface area (Å²) in [4.78, 5) is 10.5. The molecule has 0 bridgehead atoms. The summed E-state index contributed by atoms with van der Waals surface area (Å²) in [6.45, 7) is 0. The van der Waals surface area contributed by atoms with Crippen LogP contribution in [-0.2, 0) is 11.2 Å². The van der Waals surface area contributed by atoms with Crippen molar-refractivity contribution in [2.75, 3.05) is 0 Å². The highest BCUT2D eigenvalue weighted by molar-refractivity contribution is 6.32. The Kier molecular flexibility index (Phi) is 3.09. The lowest BCUT2D eigenvalue weighted by Gasteiger charge is -2.06. The summed E-state index contributed by atoms with van der Waals surface area (Å²) in [6, 6.07) is 6.90. The van der Waals surface area contributed by atoms with Gasteiger partial charge in [-0.05, 0) is 12.0 Å². The first-order valence-corrected chi connectivity index (χ1v) is 4.13. The molecule has 1 rings (SSSR count). The number of aliphatic carboxylic acids is 1. The van der Waals surface area contributed by atoms with Crippen molar-refractivity contribution in [3.8, 4) is 0 Å². The molecule has 0 heterocycles. The predicted molar refractivity (Wildman–Crippen MR) is 53.9 cm³/mol. The molecule has 0 saturated heterocycles. The summed E-state index contributed by atoms with van der Waals surface area (Å²) in [7, 11) is 1.97. The Morgan fingerprint density at radius 2 is 2.31 bits per heavy atom. The largest absolute Gasteiger partial charge is 0.480 e. The maximum absolute atomic E-state index is 10.5. The molecule has 13 heavy (non-hydrogen) atoms. The Morgan fingerprint density at radius 1 is 1.62 bits per heavy atom. The van der Waals surface area contributed by atoms with Gasteiger partial charge in [0.05, 0.1) is 0 Å². The zero-order valence-electron chi connectivity index (χ0n) is 7.53. The van der Waals surface area contributed by atoms with Crippen LogP contribution in [0.15, 0.2) is 24.3 Å². The lowest BCUT2D eigenvalue weighted by Crippen LogP contribution is -2.32. The lowest BCUT2D eigenvalue weighted by atomic mass is 9.93. The van der Waals surface area contributed by atoms with Gasteiger partial charge >= 0.3 is 5.97 Å². The molecule has 0 aliphatic heterocycles. The van der Waals surface area contributed by atoms with Gasteiger partial charge in [0.25, 0.3) is 0 Å². The van der Waals surface area contributed by atoms with Crippen molar-refractivity contribution in [2.24, 2.45) is 5.73 Å². The van der Waals surface area contributed by atoms with Gasteiger partial charge in [-0.2, -0.15) is 0 Å². The van der Waals surface area contributed by atoms with Crippen LogP contribution in [-0.4, -0.2) is 25.0 Å². The highest BCUT2D eigenvalue weighted by Gasteiger charge is 2.11. The number of carboxylic acids is 1. The van der Waals surface area contributed by atoms with Crippen molar-refractivity contribution < 1.29 is 9.90 Å². The van der Waals surface area contributed by atoms with Crippen LogP contribution in [0.5, 0.6) is 0 Å². The van der Waals surface area contributed by atoms with Crippen molar-refractivity contribution in [1.82, 2.24) is 0 Å². The van der Waals surface area contributed by atoms with E-state index in [1.165, 1.54) is 0 Å². The molecule has 0 spiro atoms. The summed E-state index contributed by atoms with van der Waals surface area (Å²) < 4.78 is 0. The third-order valence-corrected chi connectivity index (χ3v) is 1.86. The van der Waals surface area contributed by atoms with Crippen LogP contribution in [0, 0.1) is 0 Å². The monoisotopic (exact) mass is 177 g/mol. The van der Waals surface area contributed by atoms with Gasteiger partial charge in [0.15, 0.2) is 0 Å². The molecular weight excluding hydrogens is 165 g/mol. The summed E-state index contributed by atoms with van der Waals surface area (Å²) in [5, 5.41) is 8.59.